The van der Waals surface area contributed by atoms with Crippen molar-refractivity contribution in [1.82, 2.24) is 4.90 Å². The van der Waals surface area contributed by atoms with Crippen molar-refractivity contribution < 1.29 is 23.8 Å². The lowest BCUT2D eigenvalue weighted by Gasteiger charge is -2.32. The average molecular weight is 367 g/mol. The van der Waals surface area contributed by atoms with Crippen LogP contribution in [0.25, 0.3) is 0 Å². The Balaban J connectivity index is 2.25. The Kier molecular flexibility index (Phi) is 6.21. The lowest BCUT2D eigenvalue weighted by molar-refractivity contribution is -0.148. The van der Waals surface area contributed by atoms with Crippen molar-refractivity contribution in [2.75, 3.05) is 19.4 Å². The van der Waals surface area contributed by atoms with E-state index in [1.165, 1.54) is 6.92 Å². The van der Waals surface area contributed by atoms with Gasteiger partial charge in [-0.2, -0.15) is 0 Å². The molecule has 0 saturated carbocycles. The fraction of sp³-hybridized carbons (Fsp3) is 0.556. The van der Waals surface area contributed by atoms with Gasteiger partial charge in [0.2, 0.25) is 0 Å². The summed E-state index contributed by atoms with van der Waals surface area (Å²) in [6.07, 6.45) is -0.961. The molecule has 0 spiro atoms. The topological polar surface area (TPSA) is 65.1 Å². The molecule has 25 heavy (non-hydrogen) atoms. The number of hydrogen-bond donors (Lipinski definition) is 0. The summed E-state index contributed by atoms with van der Waals surface area (Å²) in [5, 5.41) is -0.327. The fourth-order valence-electron chi connectivity index (χ4n) is 2.52. The number of esters is 1. The molecule has 0 radical (unpaired) electrons. The number of nitrogens with zero attached hydrogens (tertiary/aromatic N) is 1. The molecule has 1 saturated heterocycles. The number of hydrogen-bond acceptors (Lipinski definition) is 6. The smallest absolute Gasteiger partial charge is 0.411 e. The van der Waals surface area contributed by atoms with Crippen LogP contribution in [0.1, 0.15) is 39.4 Å². The minimum Gasteiger partial charge on any atom is -0.497 e. The maximum Gasteiger partial charge on any atom is 0.411 e. The first kappa shape index (κ1) is 19.4. The van der Waals surface area contributed by atoms with Crippen LogP contribution in [0.5, 0.6) is 5.75 Å². The van der Waals surface area contributed by atoms with Crippen molar-refractivity contribution in [2.45, 2.75) is 44.8 Å². The van der Waals surface area contributed by atoms with E-state index in [1.807, 2.05) is 45.0 Å². The van der Waals surface area contributed by atoms with Gasteiger partial charge >= 0.3 is 12.1 Å². The molecule has 7 heteroatoms. The molecule has 0 bridgehead atoms. The molecule has 1 amide bonds. The molecule has 1 aromatic carbocycles. The van der Waals surface area contributed by atoms with Crippen LogP contribution in [-0.2, 0) is 14.3 Å². The van der Waals surface area contributed by atoms with Crippen molar-refractivity contribution in [3.05, 3.63) is 29.8 Å². The molecule has 1 aliphatic rings. The Morgan fingerprint density at radius 3 is 2.40 bits per heavy atom. The van der Waals surface area contributed by atoms with Gasteiger partial charge in [-0.3, -0.25) is 9.69 Å². The summed E-state index contributed by atoms with van der Waals surface area (Å²) in [6, 6.07) is 7.31. The Labute approximate surface area is 152 Å². The number of amides is 1. The van der Waals surface area contributed by atoms with Crippen LogP contribution >= 0.6 is 11.8 Å². The van der Waals surface area contributed by atoms with E-state index in [9.17, 15) is 9.59 Å². The highest BCUT2D eigenvalue weighted by Crippen LogP contribution is 2.38. The maximum atomic E-state index is 12.5. The lowest BCUT2D eigenvalue weighted by Crippen LogP contribution is -2.42. The molecule has 0 unspecified atom stereocenters. The number of thioether (sulfide) groups is 1. The highest BCUT2D eigenvalue weighted by atomic mass is 32.2. The van der Waals surface area contributed by atoms with Crippen molar-refractivity contribution in [3.8, 4) is 5.75 Å². The van der Waals surface area contributed by atoms with Crippen LogP contribution in [0.3, 0.4) is 0 Å². The maximum absolute atomic E-state index is 12.5. The summed E-state index contributed by atoms with van der Waals surface area (Å²) >= 11 is 1.58. The van der Waals surface area contributed by atoms with Crippen LogP contribution in [-0.4, -0.2) is 47.3 Å². The normalized spacial score (nSPS) is 18.6. The molecule has 6 nitrogen and oxygen atoms in total. The van der Waals surface area contributed by atoms with E-state index in [0.29, 0.717) is 12.3 Å². The summed E-state index contributed by atoms with van der Waals surface area (Å²) in [5.41, 5.74) is 0.232. The van der Waals surface area contributed by atoms with Crippen LogP contribution in [0, 0.1) is 0 Å². The summed E-state index contributed by atoms with van der Waals surface area (Å²) in [6.45, 7) is 7.41. The first-order valence-corrected chi connectivity index (χ1v) is 9.18. The van der Waals surface area contributed by atoms with E-state index >= 15 is 0 Å². The van der Waals surface area contributed by atoms with Gasteiger partial charge in [-0.15, -0.1) is 11.8 Å². The van der Waals surface area contributed by atoms with Gasteiger partial charge in [0, 0.05) is 19.2 Å². The zero-order valence-corrected chi connectivity index (χ0v) is 16.1. The zero-order chi connectivity index (χ0) is 18.6. The largest absolute Gasteiger partial charge is 0.497 e. The number of carbonyl (C=O) groups excluding carboxylic acids is 2. The first-order valence-electron chi connectivity index (χ1n) is 8.13. The van der Waals surface area contributed by atoms with E-state index in [0.717, 1.165) is 11.3 Å². The Morgan fingerprint density at radius 2 is 1.88 bits per heavy atom. The van der Waals surface area contributed by atoms with E-state index in [4.69, 9.17) is 14.2 Å². The third-order valence-corrected chi connectivity index (χ3v) is 4.81. The number of rotatable bonds is 4. The number of ether oxygens (including phenoxy) is 3. The minimum atomic E-state index is -0.577. The highest BCUT2D eigenvalue weighted by molar-refractivity contribution is 8.00. The second-order valence-electron chi connectivity index (χ2n) is 6.74. The third kappa shape index (κ3) is 5.29. The molecule has 0 aromatic heterocycles. The molecule has 0 N–H and O–H groups in total. The van der Waals surface area contributed by atoms with Gasteiger partial charge in [0.25, 0.3) is 0 Å². The van der Waals surface area contributed by atoms with Crippen molar-refractivity contribution in [1.29, 1.82) is 0 Å². The molecule has 1 fully saturated rings. The molecule has 0 aliphatic carbocycles. The van der Waals surface area contributed by atoms with Crippen molar-refractivity contribution >= 4 is 23.8 Å². The molecule has 2 rings (SSSR count). The molecular weight excluding hydrogens is 342 g/mol. The molecule has 2 atom stereocenters. The third-order valence-electron chi connectivity index (χ3n) is 3.55. The van der Waals surface area contributed by atoms with E-state index in [2.05, 4.69) is 0 Å². The molecular formula is C18H25NO5S. The second-order valence-corrected chi connectivity index (χ2v) is 7.96. The Hall–Kier alpha value is -1.89. The molecule has 1 aromatic rings. The quantitative estimate of drug-likeness (QED) is 0.758. The molecule has 1 heterocycles. The van der Waals surface area contributed by atoms with Crippen LogP contribution in [0.15, 0.2) is 24.3 Å². The fourth-order valence-corrected chi connectivity index (χ4v) is 3.82. The predicted octanol–water partition coefficient (Wildman–Crippen LogP) is 3.61. The minimum absolute atomic E-state index is 0.327. The van der Waals surface area contributed by atoms with Crippen LogP contribution in [0.4, 0.5) is 4.79 Å². The predicted molar refractivity (Wildman–Crippen MR) is 96.7 cm³/mol. The van der Waals surface area contributed by atoms with Gasteiger partial charge in [0.1, 0.15) is 16.7 Å². The van der Waals surface area contributed by atoms with Gasteiger partial charge in [-0.05, 0) is 38.5 Å². The lowest BCUT2D eigenvalue weighted by atomic mass is 10.1. The first-order chi connectivity index (χ1) is 11.7. The number of methoxy groups -OCH3 is 1. The summed E-state index contributed by atoms with van der Waals surface area (Å²) in [4.78, 5) is 25.8. The zero-order valence-electron chi connectivity index (χ0n) is 15.3. The van der Waals surface area contributed by atoms with Gasteiger partial charge in [0.05, 0.1) is 7.11 Å². The SMILES string of the molecule is COc1ccc([C@@H](OC(C)=O)[C@H]2SCCN2C(=O)OC(C)(C)C)cc1. The van der Waals surface area contributed by atoms with Gasteiger partial charge in [-0.1, -0.05) is 12.1 Å². The van der Waals surface area contributed by atoms with Crippen LogP contribution < -0.4 is 4.74 Å². The van der Waals surface area contributed by atoms with Gasteiger partial charge in [-0.25, -0.2) is 4.79 Å². The summed E-state index contributed by atoms with van der Waals surface area (Å²) in [7, 11) is 1.59. The van der Waals surface area contributed by atoms with Crippen molar-refractivity contribution in [2.24, 2.45) is 0 Å². The van der Waals surface area contributed by atoms with Gasteiger partial charge in [0.15, 0.2) is 6.10 Å². The van der Waals surface area contributed by atoms with Crippen LogP contribution in [0.2, 0.25) is 0 Å². The number of benzene rings is 1. The molecule has 1 aliphatic heterocycles. The average Bonchev–Trinajstić information content (AvgIpc) is 3.00. The molecule has 138 valence electrons. The van der Waals surface area contributed by atoms with E-state index in [-0.39, 0.29) is 5.37 Å². The highest BCUT2D eigenvalue weighted by Gasteiger charge is 2.40. The van der Waals surface area contributed by atoms with E-state index < -0.39 is 23.8 Å². The summed E-state index contributed by atoms with van der Waals surface area (Å²) < 4.78 is 16.2. The van der Waals surface area contributed by atoms with Crippen molar-refractivity contribution in [3.63, 3.8) is 0 Å². The number of carbonyl (C=O) groups is 2. The Morgan fingerprint density at radius 1 is 1.24 bits per heavy atom. The van der Waals surface area contributed by atoms with Gasteiger partial charge < -0.3 is 14.2 Å². The Bertz CT molecular complexity index is 611. The second kappa shape index (κ2) is 7.99. The monoisotopic (exact) mass is 367 g/mol. The van der Waals surface area contributed by atoms with E-state index in [1.54, 1.807) is 23.8 Å². The standard InChI is InChI=1S/C18H25NO5S/c1-12(20)23-15(13-6-8-14(22-5)9-7-13)16-19(10-11-25-16)17(21)24-18(2,3)4/h6-9,15-16H,10-11H2,1-5H3/t15-,16-/m1/s1. The summed E-state index contributed by atoms with van der Waals surface area (Å²) in [5.74, 6) is 1.09.